The molecule has 2 nitrogen and oxygen atoms in total. The monoisotopic (exact) mass is 177 g/mol. The highest BCUT2D eigenvalue weighted by atomic mass is 16.5. The highest BCUT2D eigenvalue weighted by Crippen LogP contribution is 2.41. The van der Waals surface area contributed by atoms with Crippen LogP contribution in [-0.4, -0.2) is 14.2 Å². The Morgan fingerprint density at radius 1 is 0.923 bits per heavy atom. The van der Waals surface area contributed by atoms with Crippen LogP contribution in [0.25, 0.3) is 0 Å². The Balaban J connectivity index is 2.33. The third-order valence-corrected chi connectivity index (χ3v) is 2.26. The van der Waals surface area contributed by atoms with E-state index in [4.69, 9.17) is 9.47 Å². The number of rotatable bonds is 3. The van der Waals surface area contributed by atoms with E-state index in [1.54, 1.807) is 14.2 Å². The molecular weight excluding hydrogens is 164 g/mol. The first-order chi connectivity index (χ1) is 6.33. The molecule has 13 heavy (non-hydrogen) atoms. The molecule has 1 fully saturated rings. The van der Waals surface area contributed by atoms with Crippen LogP contribution in [0.4, 0.5) is 0 Å². The summed E-state index contributed by atoms with van der Waals surface area (Å²) in [5.41, 5.74) is 1.26. The first-order valence-corrected chi connectivity index (χ1v) is 4.41. The lowest BCUT2D eigenvalue weighted by Crippen LogP contribution is -1.89. The molecule has 0 N–H and O–H groups in total. The van der Waals surface area contributed by atoms with Gasteiger partial charge < -0.3 is 9.47 Å². The van der Waals surface area contributed by atoms with E-state index < -0.39 is 0 Å². The Kier molecular flexibility index (Phi) is 2.13. The van der Waals surface area contributed by atoms with Crippen molar-refractivity contribution < 1.29 is 9.47 Å². The van der Waals surface area contributed by atoms with Crippen LogP contribution in [0.5, 0.6) is 11.5 Å². The van der Waals surface area contributed by atoms with Crippen molar-refractivity contribution >= 4 is 0 Å². The van der Waals surface area contributed by atoms with Gasteiger partial charge in [-0.25, -0.2) is 0 Å². The van der Waals surface area contributed by atoms with Crippen molar-refractivity contribution in [1.29, 1.82) is 0 Å². The fourth-order valence-corrected chi connectivity index (χ4v) is 1.36. The smallest absolute Gasteiger partial charge is 0.122 e. The lowest BCUT2D eigenvalue weighted by atomic mass is 10.1. The molecule has 1 saturated carbocycles. The van der Waals surface area contributed by atoms with Crippen LogP contribution in [0.2, 0.25) is 0 Å². The van der Waals surface area contributed by atoms with Gasteiger partial charge >= 0.3 is 0 Å². The van der Waals surface area contributed by atoms with Crippen molar-refractivity contribution in [1.82, 2.24) is 0 Å². The molecule has 0 aromatic heterocycles. The standard InChI is InChI=1S/C11H13O2/c1-12-10-5-9(8-3-4-8)6-11(7-10)13-2/h5-7H,3-4H2,1-2H3. The van der Waals surface area contributed by atoms with Crippen LogP contribution in [0.3, 0.4) is 0 Å². The first-order valence-electron chi connectivity index (χ1n) is 4.41. The zero-order valence-electron chi connectivity index (χ0n) is 7.96. The van der Waals surface area contributed by atoms with Gasteiger partial charge in [0, 0.05) is 12.0 Å². The van der Waals surface area contributed by atoms with E-state index in [1.165, 1.54) is 24.3 Å². The van der Waals surface area contributed by atoms with E-state index >= 15 is 0 Å². The van der Waals surface area contributed by atoms with Crippen LogP contribution in [0.15, 0.2) is 18.2 Å². The van der Waals surface area contributed by atoms with Gasteiger partial charge in [-0.2, -0.15) is 0 Å². The minimum atomic E-state index is 0.869. The molecule has 0 bridgehead atoms. The second kappa shape index (κ2) is 3.29. The lowest BCUT2D eigenvalue weighted by molar-refractivity contribution is 0.394. The molecule has 0 atom stereocenters. The molecule has 1 radical (unpaired) electrons. The average Bonchev–Trinajstić information content (AvgIpc) is 3.00. The van der Waals surface area contributed by atoms with E-state index in [1.807, 2.05) is 6.07 Å². The Bertz CT molecular complexity index is 281. The summed E-state index contributed by atoms with van der Waals surface area (Å²) in [5.74, 6) is 3.24. The van der Waals surface area contributed by atoms with Crippen molar-refractivity contribution in [3.05, 3.63) is 29.7 Å². The van der Waals surface area contributed by atoms with Crippen molar-refractivity contribution in [3.63, 3.8) is 0 Å². The average molecular weight is 177 g/mol. The maximum absolute atomic E-state index is 5.18. The van der Waals surface area contributed by atoms with Gasteiger partial charge in [-0.1, -0.05) is 0 Å². The summed E-state index contributed by atoms with van der Waals surface area (Å²) in [6.45, 7) is 0. The molecule has 1 aliphatic rings. The van der Waals surface area contributed by atoms with Crippen molar-refractivity contribution in [2.75, 3.05) is 14.2 Å². The number of hydrogen-bond acceptors (Lipinski definition) is 2. The Hall–Kier alpha value is -1.18. The molecule has 0 saturated heterocycles. The van der Waals surface area contributed by atoms with Crippen molar-refractivity contribution in [2.24, 2.45) is 0 Å². The number of hydrogen-bond donors (Lipinski definition) is 0. The van der Waals surface area contributed by atoms with Gasteiger partial charge in [0.05, 0.1) is 14.2 Å². The predicted octanol–water partition coefficient (Wildman–Crippen LogP) is 2.42. The summed E-state index contributed by atoms with van der Waals surface area (Å²) in [7, 11) is 3.35. The van der Waals surface area contributed by atoms with E-state index in [0.29, 0.717) is 0 Å². The van der Waals surface area contributed by atoms with Gasteiger partial charge in [0.25, 0.3) is 0 Å². The second-order valence-electron chi connectivity index (χ2n) is 3.20. The predicted molar refractivity (Wildman–Crippen MR) is 51.1 cm³/mol. The molecule has 0 amide bonds. The van der Waals surface area contributed by atoms with Crippen LogP contribution < -0.4 is 9.47 Å². The van der Waals surface area contributed by atoms with E-state index in [0.717, 1.165) is 11.5 Å². The van der Waals surface area contributed by atoms with Gasteiger partial charge in [0.2, 0.25) is 0 Å². The van der Waals surface area contributed by atoms with Crippen molar-refractivity contribution in [2.45, 2.75) is 12.8 Å². The largest absolute Gasteiger partial charge is 0.497 e. The van der Waals surface area contributed by atoms with Gasteiger partial charge in [-0.05, 0) is 30.5 Å². The quantitative estimate of drug-likeness (QED) is 0.706. The summed E-state index contributed by atoms with van der Waals surface area (Å²) < 4.78 is 10.4. The molecule has 0 aliphatic heterocycles. The molecule has 0 unspecified atom stereocenters. The summed E-state index contributed by atoms with van der Waals surface area (Å²) in [4.78, 5) is 0. The number of methoxy groups -OCH3 is 2. The molecule has 0 spiro atoms. The van der Waals surface area contributed by atoms with Crippen LogP contribution in [0, 0.1) is 5.92 Å². The fourth-order valence-electron chi connectivity index (χ4n) is 1.36. The summed E-state index contributed by atoms with van der Waals surface area (Å²) >= 11 is 0. The summed E-state index contributed by atoms with van der Waals surface area (Å²) in [5, 5.41) is 0. The highest BCUT2D eigenvalue weighted by Gasteiger charge is 2.25. The highest BCUT2D eigenvalue weighted by molar-refractivity contribution is 5.47. The fraction of sp³-hybridized carbons (Fsp3) is 0.364. The molecular formula is C11H13O2. The Morgan fingerprint density at radius 2 is 1.46 bits per heavy atom. The van der Waals surface area contributed by atoms with Crippen LogP contribution in [0.1, 0.15) is 18.4 Å². The molecule has 0 heterocycles. The number of ether oxygens (including phenoxy) is 2. The van der Waals surface area contributed by atoms with Crippen LogP contribution >= 0.6 is 0 Å². The molecule has 1 aromatic rings. The zero-order valence-corrected chi connectivity index (χ0v) is 7.96. The second-order valence-corrected chi connectivity index (χ2v) is 3.20. The third-order valence-electron chi connectivity index (χ3n) is 2.26. The summed E-state index contributed by atoms with van der Waals surface area (Å²) in [6, 6.07) is 6.02. The minimum Gasteiger partial charge on any atom is -0.497 e. The van der Waals surface area contributed by atoms with Gasteiger partial charge in [0.15, 0.2) is 0 Å². The Labute approximate surface area is 78.5 Å². The molecule has 2 heteroatoms. The van der Waals surface area contributed by atoms with E-state index in [2.05, 4.69) is 12.1 Å². The van der Waals surface area contributed by atoms with Gasteiger partial charge in [-0.3, -0.25) is 0 Å². The van der Waals surface area contributed by atoms with E-state index in [9.17, 15) is 0 Å². The normalized spacial score (nSPS) is 15.5. The molecule has 1 aromatic carbocycles. The third kappa shape index (κ3) is 1.77. The maximum atomic E-state index is 5.18. The molecule has 1 aliphatic carbocycles. The van der Waals surface area contributed by atoms with Crippen LogP contribution in [-0.2, 0) is 0 Å². The number of benzene rings is 1. The SMILES string of the molecule is COc1cc(OC)cc([C]2CC2)c1. The molecule has 2 rings (SSSR count). The van der Waals surface area contributed by atoms with Gasteiger partial charge in [0.1, 0.15) is 11.5 Å². The topological polar surface area (TPSA) is 18.5 Å². The van der Waals surface area contributed by atoms with E-state index in [-0.39, 0.29) is 0 Å². The Morgan fingerprint density at radius 3 is 1.85 bits per heavy atom. The first kappa shape index (κ1) is 8.42. The maximum Gasteiger partial charge on any atom is 0.122 e. The summed E-state index contributed by atoms with van der Waals surface area (Å²) in [6.07, 6.45) is 2.44. The molecule has 69 valence electrons. The minimum absolute atomic E-state index is 0.869. The van der Waals surface area contributed by atoms with Gasteiger partial charge in [-0.15, -0.1) is 0 Å². The van der Waals surface area contributed by atoms with Crippen molar-refractivity contribution in [3.8, 4) is 11.5 Å². The zero-order chi connectivity index (χ0) is 9.26. The lowest BCUT2D eigenvalue weighted by Gasteiger charge is -2.06.